The molecule has 5 heteroatoms. The second-order valence-electron chi connectivity index (χ2n) is 6.09. The first-order chi connectivity index (χ1) is 8.33. The van der Waals surface area contributed by atoms with Gasteiger partial charge in [-0.15, -0.1) is 0 Å². The van der Waals surface area contributed by atoms with Gasteiger partial charge in [0.1, 0.15) is 9.84 Å². The van der Waals surface area contributed by atoms with E-state index < -0.39 is 9.84 Å². The van der Waals surface area contributed by atoms with E-state index in [2.05, 4.69) is 6.92 Å². The second-order valence-corrected chi connectivity index (χ2v) is 10.0. The van der Waals surface area contributed by atoms with E-state index in [1.54, 1.807) is 0 Å². The Bertz CT molecular complexity index is 385. The predicted octanol–water partition coefficient (Wildman–Crippen LogP) is 2.24. The SMILES string of the molecule is CC1(C(O)C2CCCC(S(C)(=O)=O)C2)CCCS1. The van der Waals surface area contributed by atoms with E-state index in [4.69, 9.17) is 0 Å². The fraction of sp³-hybridized carbons (Fsp3) is 1.00. The van der Waals surface area contributed by atoms with E-state index in [9.17, 15) is 13.5 Å². The molecule has 2 fully saturated rings. The molecule has 1 N–H and O–H groups in total. The lowest BCUT2D eigenvalue weighted by atomic mass is 9.79. The maximum Gasteiger partial charge on any atom is 0.150 e. The monoisotopic (exact) mass is 292 g/mol. The average molecular weight is 292 g/mol. The minimum atomic E-state index is -2.95. The molecule has 0 aromatic carbocycles. The Hall–Kier alpha value is 0.260. The molecule has 0 amide bonds. The lowest BCUT2D eigenvalue weighted by Gasteiger charge is -2.38. The van der Waals surface area contributed by atoms with Crippen LogP contribution in [0.4, 0.5) is 0 Å². The van der Waals surface area contributed by atoms with Gasteiger partial charge in [0.25, 0.3) is 0 Å². The third kappa shape index (κ3) is 3.05. The molecule has 2 aliphatic rings. The summed E-state index contributed by atoms with van der Waals surface area (Å²) in [5.74, 6) is 1.28. The summed E-state index contributed by atoms with van der Waals surface area (Å²) in [6, 6.07) is 0. The van der Waals surface area contributed by atoms with Gasteiger partial charge in [0.2, 0.25) is 0 Å². The van der Waals surface area contributed by atoms with Crippen LogP contribution in [0.2, 0.25) is 0 Å². The van der Waals surface area contributed by atoms with Crippen LogP contribution >= 0.6 is 11.8 Å². The highest BCUT2D eigenvalue weighted by Crippen LogP contribution is 2.45. The zero-order chi connectivity index (χ0) is 13.4. The van der Waals surface area contributed by atoms with Crippen molar-refractivity contribution >= 4 is 21.6 Å². The largest absolute Gasteiger partial charge is 0.391 e. The topological polar surface area (TPSA) is 54.4 Å². The number of aliphatic hydroxyl groups is 1. The van der Waals surface area contributed by atoms with Crippen LogP contribution in [0.25, 0.3) is 0 Å². The standard InChI is InChI=1S/C13H24O3S2/c1-13(7-4-8-17-13)12(14)10-5-3-6-11(9-10)18(2,15)16/h10-12,14H,3-9H2,1-2H3. The summed E-state index contributed by atoms with van der Waals surface area (Å²) < 4.78 is 23.3. The lowest BCUT2D eigenvalue weighted by Crippen LogP contribution is -2.43. The normalized spacial score (nSPS) is 39.7. The van der Waals surface area contributed by atoms with Crippen molar-refractivity contribution in [2.45, 2.75) is 61.5 Å². The number of thioether (sulfide) groups is 1. The van der Waals surface area contributed by atoms with Crippen molar-refractivity contribution in [2.24, 2.45) is 5.92 Å². The van der Waals surface area contributed by atoms with Crippen molar-refractivity contribution in [3.63, 3.8) is 0 Å². The summed E-state index contributed by atoms with van der Waals surface area (Å²) in [4.78, 5) is 0. The fourth-order valence-electron chi connectivity index (χ4n) is 3.39. The molecule has 0 aromatic heterocycles. The highest BCUT2D eigenvalue weighted by molar-refractivity contribution is 8.00. The highest BCUT2D eigenvalue weighted by atomic mass is 32.2. The molecule has 2 rings (SSSR count). The van der Waals surface area contributed by atoms with Crippen molar-refractivity contribution in [1.82, 2.24) is 0 Å². The van der Waals surface area contributed by atoms with Crippen LogP contribution in [0.3, 0.4) is 0 Å². The fourth-order valence-corrected chi connectivity index (χ4v) is 5.99. The van der Waals surface area contributed by atoms with Gasteiger partial charge in [-0.3, -0.25) is 0 Å². The zero-order valence-corrected chi connectivity index (χ0v) is 12.9. The van der Waals surface area contributed by atoms with Gasteiger partial charge in [-0.25, -0.2) is 8.42 Å². The summed E-state index contributed by atoms with van der Waals surface area (Å²) in [7, 11) is -2.95. The third-order valence-corrected chi connectivity index (χ3v) is 7.83. The Kier molecular flexibility index (Phi) is 4.34. The predicted molar refractivity (Wildman–Crippen MR) is 76.7 cm³/mol. The molecule has 1 saturated heterocycles. The Labute approximate surface area is 115 Å². The first-order valence-electron chi connectivity index (χ1n) is 6.84. The Morgan fingerprint density at radius 2 is 2.06 bits per heavy atom. The van der Waals surface area contributed by atoms with Crippen LogP contribution in [0.15, 0.2) is 0 Å². The second kappa shape index (κ2) is 5.33. The van der Waals surface area contributed by atoms with Crippen LogP contribution in [-0.4, -0.2) is 41.6 Å². The van der Waals surface area contributed by atoms with Gasteiger partial charge < -0.3 is 5.11 Å². The van der Waals surface area contributed by atoms with Crippen molar-refractivity contribution in [2.75, 3.05) is 12.0 Å². The molecule has 1 saturated carbocycles. The molecule has 3 nitrogen and oxygen atoms in total. The van der Waals surface area contributed by atoms with Crippen molar-refractivity contribution in [3.8, 4) is 0 Å². The Morgan fingerprint density at radius 3 is 2.61 bits per heavy atom. The van der Waals surface area contributed by atoms with Gasteiger partial charge in [-0.1, -0.05) is 6.42 Å². The summed E-state index contributed by atoms with van der Waals surface area (Å²) in [6.45, 7) is 2.14. The van der Waals surface area contributed by atoms with Crippen LogP contribution in [0.5, 0.6) is 0 Å². The van der Waals surface area contributed by atoms with Crippen molar-refractivity contribution < 1.29 is 13.5 Å². The number of aliphatic hydroxyl groups excluding tert-OH is 1. The molecule has 4 unspecified atom stereocenters. The number of hydrogen-bond acceptors (Lipinski definition) is 4. The van der Waals surface area contributed by atoms with E-state index >= 15 is 0 Å². The van der Waals surface area contributed by atoms with E-state index in [0.717, 1.165) is 31.4 Å². The minimum absolute atomic E-state index is 0.0515. The zero-order valence-electron chi connectivity index (χ0n) is 11.3. The summed E-state index contributed by atoms with van der Waals surface area (Å²) in [6.07, 6.45) is 6.53. The molecule has 4 atom stereocenters. The lowest BCUT2D eigenvalue weighted by molar-refractivity contribution is 0.0544. The van der Waals surface area contributed by atoms with Gasteiger partial charge in [0, 0.05) is 11.0 Å². The Balaban J connectivity index is 2.04. The first kappa shape index (κ1) is 14.7. The molecule has 1 aliphatic heterocycles. The molecular weight excluding hydrogens is 268 g/mol. The molecule has 0 aromatic rings. The molecular formula is C13H24O3S2. The molecule has 0 bridgehead atoms. The highest BCUT2D eigenvalue weighted by Gasteiger charge is 2.43. The van der Waals surface area contributed by atoms with E-state index in [-0.39, 0.29) is 22.0 Å². The molecule has 106 valence electrons. The van der Waals surface area contributed by atoms with Gasteiger partial charge in [-0.05, 0) is 50.7 Å². The smallest absolute Gasteiger partial charge is 0.150 e. The van der Waals surface area contributed by atoms with Gasteiger partial charge in [0.05, 0.1) is 11.4 Å². The number of hydrogen-bond donors (Lipinski definition) is 1. The molecule has 1 aliphatic carbocycles. The third-order valence-electron chi connectivity index (χ3n) is 4.59. The molecule has 1 heterocycles. The van der Waals surface area contributed by atoms with E-state index in [1.807, 2.05) is 11.8 Å². The van der Waals surface area contributed by atoms with Crippen molar-refractivity contribution in [3.05, 3.63) is 0 Å². The van der Waals surface area contributed by atoms with E-state index in [1.165, 1.54) is 12.7 Å². The average Bonchev–Trinajstić information content (AvgIpc) is 2.75. The maximum atomic E-state index is 11.7. The van der Waals surface area contributed by atoms with Crippen LogP contribution in [0.1, 0.15) is 45.4 Å². The van der Waals surface area contributed by atoms with E-state index in [0.29, 0.717) is 6.42 Å². The van der Waals surface area contributed by atoms with Crippen LogP contribution < -0.4 is 0 Å². The van der Waals surface area contributed by atoms with Gasteiger partial charge >= 0.3 is 0 Å². The molecule has 0 radical (unpaired) electrons. The summed E-state index contributed by atoms with van der Waals surface area (Å²) >= 11 is 1.86. The minimum Gasteiger partial charge on any atom is -0.391 e. The molecule has 18 heavy (non-hydrogen) atoms. The van der Waals surface area contributed by atoms with Crippen LogP contribution in [0, 0.1) is 5.92 Å². The van der Waals surface area contributed by atoms with Gasteiger partial charge in [-0.2, -0.15) is 11.8 Å². The van der Waals surface area contributed by atoms with Crippen molar-refractivity contribution in [1.29, 1.82) is 0 Å². The number of sulfone groups is 1. The quantitative estimate of drug-likeness (QED) is 0.867. The van der Waals surface area contributed by atoms with Gasteiger partial charge in [0.15, 0.2) is 0 Å². The van der Waals surface area contributed by atoms with Crippen LogP contribution in [-0.2, 0) is 9.84 Å². The summed E-state index contributed by atoms with van der Waals surface area (Å²) in [5, 5.41) is 10.4. The molecule has 0 spiro atoms. The number of rotatable bonds is 3. The Morgan fingerprint density at radius 1 is 1.33 bits per heavy atom. The maximum absolute atomic E-state index is 11.7. The summed E-state index contributed by atoms with van der Waals surface area (Å²) in [5.41, 5.74) is 0. The first-order valence-corrected chi connectivity index (χ1v) is 9.78.